The number of alkyl halides is 1. The van der Waals surface area contributed by atoms with Gasteiger partial charge in [-0.1, -0.05) is 13.8 Å². The molecule has 0 unspecified atom stereocenters. The molecule has 1 aromatic rings. The molecule has 21 heavy (non-hydrogen) atoms. The Bertz CT molecular complexity index is 632. The van der Waals surface area contributed by atoms with E-state index in [0.717, 1.165) is 31.4 Å². The maximum Gasteiger partial charge on any atom is 0.244 e. The molecule has 2 fully saturated rings. The molecule has 3 rings (SSSR count). The minimum absolute atomic E-state index is 0.0553. The molecule has 2 aliphatic rings. The lowest BCUT2D eigenvalue weighted by Crippen LogP contribution is -2.43. The van der Waals surface area contributed by atoms with E-state index in [1.165, 1.54) is 0 Å². The van der Waals surface area contributed by atoms with Gasteiger partial charge in [-0.05, 0) is 37.2 Å². The predicted octanol–water partition coefficient (Wildman–Crippen LogP) is 3.37. The Balaban J connectivity index is 1.91. The van der Waals surface area contributed by atoms with Gasteiger partial charge in [-0.15, -0.1) is 11.6 Å². The Labute approximate surface area is 132 Å². The summed E-state index contributed by atoms with van der Waals surface area (Å²) < 4.78 is 29.4. The summed E-state index contributed by atoms with van der Waals surface area (Å²) in [6.07, 6.45) is 6.03. The number of nitrogens with zero attached hydrogens (tertiary/aromatic N) is 2. The van der Waals surface area contributed by atoms with Crippen LogP contribution in [-0.4, -0.2) is 30.4 Å². The van der Waals surface area contributed by atoms with E-state index in [1.807, 2.05) is 0 Å². The van der Waals surface area contributed by atoms with Crippen molar-refractivity contribution in [1.29, 1.82) is 0 Å². The molecule has 1 saturated carbocycles. The normalized spacial score (nSPS) is 23.4. The minimum Gasteiger partial charge on any atom is -0.346 e. The molecular formula is C15H23ClN2O2S. The fourth-order valence-corrected chi connectivity index (χ4v) is 5.09. The number of halogens is 1. The van der Waals surface area contributed by atoms with E-state index in [9.17, 15) is 8.42 Å². The van der Waals surface area contributed by atoms with Crippen molar-refractivity contribution in [3.05, 3.63) is 18.0 Å². The molecule has 0 spiro atoms. The largest absolute Gasteiger partial charge is 0.346 e. The van der Waals surface area contributed by atoms with Crippen LogP contribution < -0.4 is 0 Å². The van der Waals surface area contributed by atoms with Crippen molar-refractivity contribution in [3.63, 3.8) is 0 Å². The van der Waals surface area contributed by atoms with Crippen LogP contribution in [0, 0.1) is 5.41 Å². The Morgan fingerprint density at radius 2 is 2.10 bits per heavy atom. The molecular weight excluding hydrogens is 308 g/mol. The molecule has 0 N–H and O–H groups in total. The summed E-state index contributed by atoms with van der Waals surface area (Å²) in [4.78, 5) is 0.405. The van der Waals surface area contributed by atoms with Crippen molar-refractivity contribution in [2.24, 2.45) is 5.41 Å². The molecule has 1 aromatic heterocycles. The third-order valence-corrected chi connectivity index (χ3v) is 6.57. The van der Waals surface area contributed by atoms with Crippen LogP contribution >= 0.6 is 11.6 Å². The van der Waals surface area contributed by atoms with Gasteiger partial charge in [-0.3, -0.25) is 0 Å². The number of aromatic nitrogens is 1. The lowest BCUT2D eigenvalue weighted by molar-refractivity contribution is 0.187. The summed E-state index contributed by atoms with van der Waals surface area (Å²) in [6.45, 7) is 5.49. The van der Waals surface area contributed by atoms with E-state index >= 15 is 0 Å². The van der Waals surface area contributed by atoms with Crippen LogP contribution in [-0.2, 0) is 15.9 Å². The van der Waals surface area contributed by atoms with Crippen LogP contribution in [0.3, 0.4) is 0 Å². The average molecular weight is 331 g/mol. The number of rotatable bonds is 4. The SMILES string of the molecule is CC1(C)CCCN(S(=O)(=O)c2cc(CCl)n(C3CC3)c2)C1. The highest BCUT2D eigenvalue weighted by molar-refractivity contribution is 7.89. The molecule has 0 radical (unpaired) electrons. The lowest BCUT2D eigenvalue weighted by Gasteiger charge is -2.36. The highest BCUT2D eigenvalue weighted by atomic mass is 35.5. The monoisotopic (exact) mass is 330 g/mol. The summed E-state index contributed by atoms with van der Waals surface area (Å²) in [5.74, 6) is 0.359. The molecule has 1 saturated heterocycles. The van der Waals surface area contributed by atoms with Gasteiger partial charge in [0.15, 0.2) is 0 Å². The first-order valence-electron chi connectivity index (χ1n) is 7.60. The standard InChI is InChI=1S/C15H23ClN2O2S/c1-15(2)6-3-7-17(11-15)21(19,20)14-8-13(9-16)18(10-14)12-4-5-12/h8,10,12H,3-7,9,11H2,1-2H3. The van der Waals surface area contributed by atoms with E-state index in [2.05, 4.69) is 18.4 Å². The smallest absolute Gasteiger partial charge is 0.244 e. The highest BCUT2D eigenvalue weighted by Crippen LogP contribution is 2.38. The van der Waals surface area contributed by atoms with Crippen LogP contribution in [0.5, 0.6) is 0 Å². The number of hydrogen-bond acceptors (Lipinski definition) is 2. The summed E-state index contributed by atoms with van der Waals surface area (Å²) in [6, 6.07) is 2.20. The maximum atomic E-state index is 12.9. The van der Waals surface area contributed by atoms with Gasteiger partial charge in [0, 0.05) is 31.0 Å². The Kier molecular flexibility index (Phi) is 3.87. The molecule has 0 bridgehead atoms. The van der Waals surface area contributed by atoms with Gasteiger partial charge in [0.25, 0.3) is 0 Å². The number of sulfonamides is 1. The van der Waals surface area contributed by atoms with E-state index in [-0.39, 0.29) is 5.41 Å². The second-order valence-electron chi connectivity index (χ2n) is 7.05. The second-order valence-corrected chi connectivity index (χ2v) is 9.25. The summed E-state index contributed by atoms with van der Waals surface area (Å²) in [7, 11) is -3.40. The first-order chi connectivity index (χ1) is 9.83. The Morgan fingerprint density at radius 3 is 2.67 bits per heavy atom. The predicted molar refractivity (Wildman–Crippen MR) is 84.0 cm³/mol. The summed E-state index contributed by atoms with van der Waals surface area (Å²) in [5, 5.41) is 0. The van der Waals surface area contributed by atoms with Crippen molar-refractivity contribution in [2.75, 3.05) is 13.1 Å². The van der Waals surface area contributed by atoms with E-state index in [1.54, 1.807) is 16.6 Å². The van der Waals surface area contributed by atoms with Crippen LogP contribution in [0.4, 0.5) is 0 Å². The van der Waals surface area contributed by atoms with Crippen LogP contribution in [0.2, 0.25) is 0 Å². The zero-order valence-corrected chi connectivity index (χ0v) is 14.3. The Morgan fingerprint density at radius 1 is 1.38 bits per heavy atom. The summed E-state index contributed by atoms with van der Waals surface area (Å²) >= 11 is 5.97. The molecule has 0 amide bonds. The third kappa shape index (κ3) is 3.01. The fourth-order valence-electron chi connectivity index (χ4n) is 3.16. The first-order valence-corrected chi connectivity index (χ1v) is 9.58. The lowest BCUT2D eigenvalue weighted by atomic mass is 9.85. The van der Waals surface area contributed by atoms with Crippen LogP contribution in [0.1, 0.15) is 51.3 Å². The Hall–Kier alpha value is -0.520. The first kappa shape index (κ1) is 15.4. The molecule has 118 valence electrons. The van der Waals surface area contributed by atoms with Crippen molar-refractivity contribution in [2.45, 2.75) is 56.3 Å². The average Bonchev–Trinajstić information content (AvgIpc) is 3.16. The van der Waals surface area contributed by atoms with E-state index < -0.39 is 10.0 Å². The topological polar surface area (TPSA) is 42.3 Å². The fraction of sp³-hybridized carbons (Fsp3) is 0.733. The molecule has 0 atom stereocenters. The van der Waals surface area contributed by atoms with Gasteiger partial charge in [0.05, 0.1) is 5.88 Å². The second kappa shape index (κ2) is 5.28. The van der Waals surface area contributed by atoms with Gasteiger partial charge in [-0.2, -0.15) is 4.31 Å². The van der Waals surface area contributed by atoms with Crippen molar-refractivity contribution in [3.8, 4) is 0 Å². The quantitative estimate of drug-likeness (QED) is 0.794. The zero-order valence-electron chi connectivity index (χ0n) is 12.7. The van der Waals surface area contributed by atoms with Crippen LogP contribution in [0.15, 0.2) is 17.2 Å². The van der Waals surface area contributed by atoms with Gasteiger partial charge < -0.3 is 4.57 Å². The molecule has 4 nitrogen and oxygen atoms in total. The van der Waals surface area contributed by atoms with E-state index in [0.29, 0.717) is 29.9 Å². The van der Waals surface area contributed by atoms with Gasteiger partial charge in [0.2, 0.25) is 10.0 Å². The third-order valence-electron chi connectivity index (χ3n) is 4.49. The molecule has 1 aliphatic carbocycles. The molecule has 0 aromatic carbocycles. The van der Waals surface area contributed by atoms with Gasteiger partial charge in [0.1, 0.15) is 4.90 Å². The highest BCUT2D eigenvalue weighted by Gasteiger charge is 2.36. The van der Waals surface area contributed by atoms with Crippen molar-refractivity contribution < 1.29 is 8.42 Å². The van der Waals surface area contributed by atoms with Gasteiger partial charge >= 0.3 is 0 Å². The number of piperidine rings is 1. The maximum absolute atomic E-state index is 12.9. The number of hydrogen-bond donors (Lipinski definition) is 0. The van der Waals surface area contributed by atoms with Crippen molar-refractivity contribution in [1.82, 2.24) is 8.87 Å². The van der Waals surface area contributed by atoms with Crippen molar-refractivity contribution >= 4 is 21.6 Å². The zero-order chi connectivity index (χ0) is 15.3. The molecule has 2 heterocycles. The molecule has 6 heteroatoms. The van der Waals surface area contributed by atoms with E-state index in [4.69, 9.17) is 11.6 Å². The minimum atomic E-state index is -3.40. The summed E-state index contributed by atoms with van der Waals surface area (Å²) in [5.41, 5.74) is 0.966. The van der Waals surface area contributed by atoms with Gasteiger partial charge in [-0.25, -0.2) is 8.42 Å². The van der Waals surface area contributed by atoms with Crippen LogP contribution in [0.25, 0.3) is 0 Å². The molecule has 1 aliphatic heterocycles.